The third kappa shape index (κ3) is 7.23. The molecule has 11 nitrogen and oxygen atoms in total. The summed E-state index contributed by atoms with van der Waals surface area (Å²) in [4.78, 5) is 28.2. The molecule has 4 aliphatic rings. The van der Waals surface area contributed by atoms with Crippen LogP contribution in [0.2, 0.25) is 0 Å². The SMILES string of the molecule is CN[C@H]1C[C@@H](C)O[C@H]2O[C@@H]3[C@@H](C)[C@H](C[C@H]4C[C@@](C)(OC)[C@@H](O)[C@H](C)O4)[C@@H](C)C(=O)NCC(=O)N(C)C[C@H](C)C[C@]3(O)C[C@@H]21. The summed E-state index contributed by atoms with van der Waals surface area (Å²) in [7, 11) is 5.28. The van der Waals surface area contributed by atoms with E-state index in [1.807, 2.05) is 34.7 Å². The Balaban J connectivity index is 1.72. The number of amides is 2. The molecule has 0 radical (unpaired) electrons. The number of ether oxygens (including phenoxy) is 4. The third-order valence-electron chi connectivity index (χ3n) is 11.0. The molecule has 4 heterocycles. The Morgan fingerprint density at radius 1 is 1.09 bits per heavy atom. The van der Waals surface area contributed by atoms with Crippen molar-refractivity contribution in [3.05, 3.63) is 0 Å². The molecular weight excluding hydrogens is 554 g/mol. The van der Waals surface area contributed by atoms with Gasteiger partial charge in [-0.2, -0.15) is 0 Å². The van der Waals surface area contributed by atoms with Gasteiger partial charge in [0, 0.05) is 45.0 Å². The van der Waals surface area contributed by atoms with Crippen molar-refractivity contribution in [2.45, 2.75) is 128 Å². The molecule has 4 fully saturated rings. The molecule has 0 aromatic heterocycles. The number of nitrogens with one attached hydrogen (secondary N) is 2. The zero-order valence-corrected chi connectivity index (χ0v) is 27.7. The lowest BCUT2D eigenvalue weighted by Crippen LogP contribution is -2.64. The van der Waals surface area contributed by atoms with Crippen molar-refractivity contribution in [3.63, 3.8) is 0 Å². The maximum Gasteiger partial charge on any atom is 0.241 e. The summed E-state index contributed by atoms with van der Waals surface area (Å²) in [6, 6.07) is 0.133. The molecule has 0 aliphatic carbocycles. The second-order valence-corrected chi connectivity index (χ2v) is 14.5. The van der Waals surface area contributed by atoms with Crippen LogP contribution in [0, 0.1) is 29.6 Å². The molecule has 4 rings (SSSR count). The maximum absolute atomic E-state index is 13.6. The van der Waals surface area contributed by atoms with Crippen LogP contribution in [0.15, 0.2) is 0 Å². The lowest BCUT2D eigenvalue weighted by atomic mass is 9.66. The van der Waals surface area contributed by atoms with Gasteiger partial charge in [-0.25, -0.2) is 0 Å². The van der Waals surface area contributed by atoms with Gasteiger partial charge in [0.2, 0.25) is 11.8 Å². The predicted octanol–water partition coefficient (Wildman–Crippen LogP) is 1.68. The fourth-order valence-corrected chi connectivity index (χ4v) is 8.55. The lowest BCUT2D eigenvalue weighted by Gasteiger charge is -2.55. The van der Waals surface area contributed by atoms with Crippen molar-refractivity contribution in [3.8, 4) is 0 Å². The fraction of sp³-hybridized carbons (Fsp3) is 0.938. The zero-order valence-electron chi connectivity index (χ0n) is 27.7. The molecule has 4 N–H and O–H groups in total. The van der Waals surface area contributed by atoms with E-state index in [1.165, 1.54) is 0 Å². The van der Waals surface area contributed by atoms with Crippen LogP contribution >= 0.6 is 0 Å². The average Bonchev–Trinajstić information content (AvgIpc) is 2.95. The minimum absolute atomic E-state index is 0.00400. The largest absolute Gasteiger partial charge is 0.387 e. The highest BCUT2D eigenvalue weighted by Gasteiger charge is 2.56. The molecule has 4 saturated heterocycles. The first kappa shape index (κ1) is 34.5. The second kappa shape index (κ2) is 13.6. The van der Waals surface area contributed by atoms with Gasteiger partial charge in [0.15, 0.2) is 6.29 Å². The monoisotopic (exact) mass is 611 g/mol. The summed E-state index contributed by atoms with van der Waals surface area (Å²) in [5, 5.41) is 29.7. The Kier molecular flexibility index (Phi) is 10.9. The van der Waals surface area contributed by atoms with Crippen LogP contribution in [0.1, 0.15) is 73.6 Å². The molecule has 0 aromatic rings. The number of hydrogen-bond donors (Lipinski definition) is 4. The third-order valence-corrected chi connectivity index (χ3v) is 11.0. The summed E-state index contributed by atoms with van der Waals surface area (Å²) in [5.41, 5.74) is -2.00. The van der Waals surface area contributed by atoms with Crippen LogP contribution < -0.4 is 10.6 Å². The second-order valence-electron chi connectivity index (χ2n) is 14.5. The molecule has 4 aliphatic heterocycles. The smallest absolute Gasteiger partial charge is 0.241 e. The van der Waals surface area contributed by atoms with E-state index in [0.29, 0.717) is 32.2 Å². The van der Waals surface area contributed by atoms with Crippen LogP contribution in [-0.4, -0.2) is 115 Å². The van der Waals surface area contributed by atoms with Crippen molar-refractivity contribution in [1.82, 2.24) is 15.5 Å². The molecule has 0 unspecified atom stereocenters. The summed E-state index contributed by atoms with van der Waals surface area (Å²) in [6.07, 6.45) is 0.0957. The summed E-state index contributed by atoms with van der Waals surface area (Å²) in [5.74, 6) is -1.48. The van der Waals surface area contributed by atoms with Gasteiger partial charge in [-0.15, -0.1) is 0 Å². The molecule has 248 valence electrons. The zero-order chi connectivity index (χ0) is 31.9. The molecule has 0 saturated carbocycles. The van der Waals surface area contributed by atoms with E-state index < -0.39 is 41.7 Å². The minimum Gasteiger partial charge on any atom is -0.387 e. The van der Waals surface area contributed by atoms with Crippen LogP contribution in [0.3, 0.4) is 0 Å². The highest BCUT2D eigenvalue weighted by molar-refractivity contribution is 5.85. The first-order chi connectivity index (χ1) is 20.1. The number of aliphatic hydroxyl groups is 2. The van der Waals surface area contributed by atoms with E-state index in [1.54, 1.807) is 19.1 Å². The summed E-state index contributed by atoms with van der Waals surface area (Å²) >= 11 is 0. The Labute approximate surface area is 257 Å². The molecule has 0 bridgehead atoms. The van der Waals surface area contributed by atoms with Crippen LogP contribution in [0.25, 0.3) is 0 Å². The number of nitrogens with zero attached hydrogens (tertiary/aromatic N) is 1. The Morgan fingerprint density at radius 3 is 2.44 bits per heavy atom. The first-order valence-corrected chi connectivity index (χ1v) is 16.2. The fourth-order valence-electron chi connectivity index (χ4n) is 8.55. The number of carbonyl (C=O) groups excluding carboxylic acids is 2. The van der Waals surface area contributed by atoms with E-state index in [0.717, 1.165) is 6.42 Å². The van der Waals surface area contributed by atoms with Crippen molar-refractivity contribution >= 4 is 11.8 Å². The van der Waals surface area contributed by atoms with Crippen molar-refractivity contribution < 1.29 is 38.7 Å². The van der Waals surface area contributed by atoms with Crippen LogP contribution in [0.4, 0.5) is 0 Å². The number of carbonyl (C=O) groups is 2. The van der Waals surface area contributed by atoms with Gasteiger partial charge in [-0.3, -0.25) is 9.59 Å². The molecule has 0 spiro atoms. The normalized spacial score (nSPS) is 48.7. The van der Waals surface area contributed by atoms with Crippen molar-refractivity contribution in [1.29, 1.82) is 0 Å². The Morgan fingerprint density at radius 2 is 1.79 bits per heavy atom. The number of rotatable bonds is 4. The highest BCUT2D eigenvalue weighted by atomic mass is 16.7. The van der Waals surface area contributed by atoms with Gasteiger partial charge < -0.3 is 44.7 Å². The minimum atomic E-state index is -1.20. The van der Waals surface area contributed by atoms with E-state index >= 15 is 0 Å². The van der Waals surface area contributed by atoms with Crippen molar-refractivity contribution in [2.75, 3.05) is 34.3 Å². The van der Waals surface area contributed by atoms with Gasteiger partial charge in [-0.05, 0) is 71.3 Å². The van der Waals surface area contributed by atoms with Crippen molar-refractivity contribution in [2.24, 2.45) is 29.6 Å². The molecule has 43 heavy (non-hydrogen) atoms. The predicted molar refractivity (Wildman–Crippen MR) is 161 cm³/mol. The number of likely N-dealkylation sites (N-methyl/N-ethyl adjacent to an activating group) is 1. The standard InChI is InChI=1S/C32H57N3O8/c1-17-12-32(39)14-24-25(33-7)10-18(2)41-30(24)43-28(32)19(3)23(20(4)29(38)34-15-26(36)35(8)16-17)11-22-13-31(6,40-9)27(37)21(5)42-22/h17-25,27-28,30,33,37,39H,10-16H2,1-9H3,(H,34,38)/t17-,18-,19+,20-,21+,22+,23+,24-,25+,27+,28-,30+,31-,32+/m1/s1. The number of fused-ring (bicyclic) bond motifs is 2. The summed E-state index contributed by atoms with van der Waals surface area (Å²) in [6.45, 7) is 12.1. The average molecular weight is 612 g/mol. The topological polar surface area (TPSA) is 139 Å². The highest BCUT2D eigenvalue weighted by Crippen LogP contribution is 2.48. The molecule has 2 amide bonds. The number of aliphatic hydroxyl groups excluding tert-OH is 1. The maximum atomic E-state index is 13.6. The van der Waals surface area contributed by atoms with Crippen LogP contribution in [0.5, 0.6) is 0 Å². The Hall–Kier alpha value is -1.34. The van der Waals surface area contributed by atoms with E-state index in [4.69, 9.17) is 18.9 Å². The van der Waals surface area contributed by atoms with Gasteiger partial charge in [-0.1, -0.05) is 20.8 Å². The summed E-state index contributed by atoms with van der Waals surface area (Å²) < 4.78 is 25.2. The number of hydrogen-bond acceptors (Lipinski definition) is 9. The molecule has 14 atom stereocenters. The van der Waals surface area contributed by atoms with Gasteiger partial charge in [0.1, 0.15) is 6.10 Å². The van der Waals surface area contributed by atoms with E-state index in [2.05, 4.69) is 24.5 Å². The molecule has 0 aromatic carbocycles. The molecule has 11 heteroatoms. The quantitative estimate of drug-likeness (QED) is 0.374. The van der Waals surface area contributed by atoms with Crippen LogP contribution in [-0.2, 0) is 28.5 Å². The first-order valence-electron chi connectivity index (χ1n) is 16.2. The van der Waals surface area contributed by atoms with Gasteiger partial charge >= 0.3 is 0 Å². The van der Waals surface area contributed by atoms with E-state index in [9.17, 15) is 19.8 Å². The Bertz CT molecular complexity index is 986. The number of methoxy groups -OCH3 is 1. The van der Waals surface area contributed by atoms with Gasteiger partial charge in [0.25, 0.3) is 0 Å². The molecular formula is C32H57N3O8. The van der Waals surface area contributed by atoms with Gasteiger partial charge in [0.05, 0.1) is 42.2 Å². The lowest BCUT2D eigenvalue weighted by molar-refractivity contribution is -0.322. The van der Waals surface area contributed by atoms with E-state index in [-0.39, 0.29) is 60.3 Å².